The number of hydrogen-bond donors (Lipinski definition) is 2. The van der Waals surface area contributed by atoms with E-state index in [0.29, 0.717) is 16.0 Å². The van der Waals surface area contributed by atoms with Crippen LogP contribution in [0.2, 0.25) is 0 Å². The van der Waals surface area contributed by atoms with Gasteiger partial charge in [0, 0.05) is 23.2 Å². The number of hydrogen-bond acceptors (Lipinski definition) is 4. The molecule has 0 aliphatic carbocycles. The average Bonchev–Trinajstić information content (AvgIpc) is 2.90. The number of benzene rings is 1. The van der Waals surface area contributed by atoms with Crippen molar-refractivity contribution in [2.24, 2.45) is 5.73 Å². The Morgan fingerprint density at radius 3 is 2.55 bits per heavy atom. The van der Waals surface area contributed by atoms with Crippen molar-refractivity contribution in [1.82, 2.24) is 0 Å². The first-order valence-electron chi connectivity index (χ1n) is 6.49. The van der Waals surface area contributed by atoms with Gasteiger partial charge in [0.1, 0.15) is 5.75 Å². The van der Waals surface area contributed by atoms with Gasteiger partial charge in [0.25, 0.3) is 0 Å². The minimum atomic E-state index is -0.250. The van der Waals surface area contributed by atoms with Crippen LogP contribution < -0.4 is 5.73 Å². The zero-order valence-electron chi connectivity index (χ0n) is 11.9. The van der Waals surface area contributed by atoms with E-state index in [-0.39, 0.29) is 23.5 Å². The standard InChI is InChI=1S/C16H19NO2S/c1-16(2,3)12-8-10(7-11(9-17)14(12)18)15(19)13-5-4-6-20-13/h4-8,18H,9,17H2,1-3H3. The molecule has 1 heterocycles. The number of aromatic hydroxyl groups is 1. The lowest BCUT2D eigenvalue weighted by molar-refractivity contribution is 0.104. The molecule has 0 atom stereocenters. The predicted molar refractivity (Wildman–Crippen MR) is 82.4 cm³/mol. The van der Waals surface area contributed by atoms with E-state index < -0.39 is 0 Å². The zero-order valence-corrected chi connectivity index (χ0v) is 12.8. The predicted octanol–water partition coefficient (Wildman–Crippen LogP) is 3.44. The molecule has 106 valence electrons. The molecular weight excluding hydrogens is 270 g/mol. The van der Waals surface area contributed by atoms with Gasteiger partial charge in [0.2, 0.25) is 5.78 Å². The van der Waals surface area contributed by atoms with Gasteiger partial charge in [-0.05, 0) is 29.0 Å². The topological polar surface area (TPSA) is 63.3 Å². The first-order chi connectivity index (χ1) is 9.34. The summed E-state index contributed by atoms with van der Waals surface area (Å²) in [7, 11) is 0. The highest BCUT2D eigenvalue weighted by atomic mass is 32.1. The fourth-order valence-electron chi connectivity index (χ4n) is 2.10. The van der Waals surface area contributed by atoms with E-state index in [9.17, 15) is 9.90 Å². The lowest BCUT2D eigenvalue weighted by Gasteiger charge is -2.22. The Balaban J connectivity index is 2.58. The Morgan fingerprint density at radius 2 is 2.05 bits per heavy atom. The number of ketones is 1. The summed E-state index contributed by atoms with van der Waals surface area (Å²) >= 11 is 1.41. The van der Waals surface area contributed by atoms with Crippen molar-refractivity contribution in [2.75, 3.05) is 0 Å². The van der Waals surface area contributed by atoms with E-state index in [2.05, 4.69) is 0 Å². The highest BCUT2D eigenvalue weighted by molar-refractivity contribution is 7.12. The molecule has 0 aliphatic rings. The maximum Gasteiger partial charge on any atom is 0.202 e. The highest BCUT2D eigenvalue weighted by Crippen LogP contribution is 2.35. The SMILES string of the molecule is CC(C)(C)c1cc(C(=O)c2cccs2)cc(CN)c1O. The first-order valence-corrected chi connectivity index (χ1v) is 7.37. The van der Waals surface area contributed by atoms with Crippen molar-refractivity contribution in [1.29, 1.82) is 0 Å². The third-order valence-electron chi connectivity index (χ3n) is 3.22. The van der Waals surface area contributed by atoms with Gasteiger partial charge in [-0.1, -0.05) is 26.8 Å². The van der Waals surface area contributed by atoms with Crippen molar-refractivity contribution < 1.29 is 9.90 Å². The van der Waals surface area contributed by atoms with Crippen LogP contribution in [0.15, 0.2) is 29.6 Å². The first kappa shape index (κ1) is 14.8. The van der Waals surface area contributed by atoms with Crippen molar-refractivity contribution in [3.05, 3.63) is 51.2 Å². The van der Waals surface area contributed by atoms with Gasteiger partial charge in [0.15, 0.2) is 0 Å². The van der Waals surface area contributed by atoms with Gasteiger partial charge >= 0.3 is 0 Å². The number of phenolic OH excluding ortho intramolecular Hbond substituents is 1. The maximum absolute atomic E-state index is 12.5. The molecule has 1 aromatic carbocycles. The van der Waals surface area contributed by atoms with Gasteiger partial charge in [-0.25, -0.2) is 0 Å². The Kier molecular flexibility index (Phi) is 3.97. The minimum absolute atomic E-state index is 0.0276. The molecule has 2 aromatic rings. The Bertz CT molecular complexity index is 625. The smallest absolute Gasteiger partial charge is 0.202 e. The highest BCUT2D eigenvalue weighted by Gasteiger charge is 2.23. The van der Waals surface area contributed by atoms with Crippen LogP contribution in [0, 0.1) is 0 Å². The number of carbonyl (C=O) groups excluding carboxylic acids is 1. The monoisotopic (exact) mass is 289 g/mol. The van der Waals surface area contributed by atoms with E-state index in [1.807, 2.05) is 32.2 Å². The maximum atomic E-state index is 12.5. The molecule has 0 saturated heterocycles. The molecule has 0 spiro atoms. The number of carbonyl (C=O) groups is 1. The van der Waals surface area contributed by atoms with Gasteiger partial charge in [-0.2, -0.15) is 0 Å². The Labute approximate surface area is 123 Å². The van der Waals surface area contributed by atoms with Crippen LogP contribution in [0.1, 0.15) is 47.1 Å². The summed E-state index contributed by atoms with van der Waals surface area (Å²) < 4.78 is 0. The van der Waals surface area contributed by atoms with Gasteiger partial charge in [-0.3, -0.25) is 4.79 Å². The van der Waals surface area contributed by atoms with Crippen LogP contribution in [0.3, 0.4) is 0 Å². The molecule has 3 N–H and O–H groups in total. The minimum Gasteiger partial charge on any atom is -0.507 e. The van der Waals surface area contributed by atoms with Crippen molar-refractivity contribution in [2.45, 2.75) is 32.7 Å². The van der Waals surface area contributed by atoms with E-state index >= 15 is 0 Å². The largest absolute Gasteiger partial charge is 0.507 e. The van der Waals surface area contributed by atoms with Gasteiger partial charge in [-0.15, -0.1) is 11.3 Å². The molecule has 0 amide bonds. The molecule has 20 heavy (non-hydrogen) atoms. The van der Waals surface area contributed by atoms with Crippen molar-refractivity contribution in [3.8, 4) is 5.75 Å². The molecular formula is C16H19NO2S. The molecule has 3 nitrogen and oxygen atoms in total. The lowest BCUT2D eigenvalue weighted by atomic mass is 9.83. The van der Waals surface area contributed by atoms with Crippen LogP contribution in [-0.2, 0) is 12.0 Å². The van der Waals surface area contributed by atoms with E-state index in [0.717, 1.165) is 5.56 Å². The zero-order chi connectivity index (χ0) is 14.9. The van der Waals surface area contributed by atoms with Crippen LogP contribution in [0.25, 0.3) is 0 Å². The van der Waals surface area contributed by atoms with Crippen molar-refractivity contribution in [3.63, 3.8) is 0 Å². The summed E-state index contributed by atoms with van der Waals surface area (Å²) in [4.78, 5) is 13.1. The average molecular weight is 289 g/mol. The number of thiophene rings is 1. The number of phenols is 1. The Hall–Kier alpha value is -1.65. The molecule has 0 bridgehead atoms. The molecule has 2 rings (SSSR count). The third kappa shape index (κ3) is 2.76. The summed E-state index contributed by atoms with van der Waals surface area (Å²) in [6.07, 6.45) is 0. The van der Waals surface area contributed by atoms with Crippen LogP contribution in [0.5, 0.6) is 5.75 Å². The summed E-state index contributed by atoms with van der Waals surface area (Å²) in [6, 6.07) is 7.12. The summed E-state index contributed by atoms with van der Waals surface area (Å²) in [5.74, 6) is 0.169. The van der Waals surface area contributed by atoms with Crippen LogP contribution >= 0.6 is 11.3 Å². The lowest BCUT2D eigenvalue weighted by Crippen LogP contribution is -2.15. The van der Waals surface area contributed by atoms with Crippen molar-refractivity contribution >= 4 is 17.1 Å². The third-order valence-corrected chi connectivity index (χ3v) is 4.09. The normalized spacial score (nSPS) is 11.6. The van der Waals surface area contributed by atoms with E-state index in [1.54, 1.807) is 18.2 Å². The van der Waals surface area contributed by atoms with E-state index in [4.69, 9.17) is 5.73 Å². The molecule has 0 aliphatic heterocycles. The van der Waals surface area contributed by atoms with Crippen LogP contribution in [-0.4, -0.2) is 10.9 Å². The summed E-state index contributed by atoms with van der Waals surface area (Å²) in [5, 5.41) is 12.1. The van der Waals surface area contributed by atoms with E-state index in [1.165, 1.54) is 11.3 Å². The van der Waals surface area contributed by atoms with Gasteiger partial charge in [0.05, 0.1) is 4.88 Å². The second kappa shape index (κ2) is 5.38. The summed E-state index contributed by atoms with van der Waals surface area (Å²) in [6.45, 7) is 6.21. The van der Waals surface area contributed by atoms with Crippen LogP contribution in [0.4, 0.5) is 0 Å². The molecule has 0 fully saturated rings. The molecule has 4 heteroatoms. The number of nitrogens with two attached hydrogens (primary N) is 1. The second-order valence-electron chi connectivity index (χ2n) is 5.79. The summed E-state index contributed by atoms with van der Waals surface area (Å²) in [5.41, 5.74) is 7.37. The Morgan fingerprint density at radius 1 is 1.35 bits per heavy atom. The molecule has 0 radical (unpaired) electrons. The fraction of sp³-hybridized carbons (Fsp3) is 0.312. The fourth-order valence-corrected chi connectivity index (χ4v) is 2.79. The van der Waals surface area contributed by atoms with Gasteiger partial charge < -0.3 is 10.8 Å². The molecule has 0 saturated carbocycles. The number of rotatable bonds is 3. The quantitative estimate of drug-likeness (QED) is 0.851. The second-order valence-corrected chi connectivity index (χ2v) is 6.74. The molecule has 0 unspecified atom stereocenters. The molecule has 1 aromatic heterocycles.